The van der Waals surface area contributed by atoms with Crippen LogP contribution in [0.3, 0.4) is 0 Å². The molecule has 0 aliphatic heterocycles. The Morgan fingerprint density at radius 1 is 1.00 bits per heavy atom. The van der Waals surface area contributed by atoms with Crippen LogP contribution in [0, 0.1) is 0 Å². The quantitative estimate of drug-likeness (QED) is 0.656. The molecule has 1 heterocycles. The van der Waals surface area contributed by atoms with Crippen molar-refractivity contribution in [2.45, 2.75) is 58.8 Å². The third-order valence-corrected chi connectivity index (χ3v) is 6.40. The van der Waals surface area contributed by atoms with E-state index in [9.17, 15) is 14.4 Å². The van der Waals surface area contributed by atoms with E-state index in [1.165, 1.54) is 16.9 Å². The van der Waals surface area contributed by atoms with Gasteiger partial charge in [0, 0.05) is 4.88 Å². The van der Waals surface area contributed by atoms with Gasteiger partial charge in [-0.25, -0.2) is 4.79 Å². The van der Waals surface area contributed by atoms with Gasteiger partial charge in [0.15, 0.2) is 0 Å². The molecule has 0 saturated heterocycles. The van der Waals surface area contributed by atoms with Gasteiger partial charge in [0.1, 0.15) is 5.00 Å². The number of hydrogen-bond acceptors (Lipinski definition) is 5. The van der Waals surface area contributed by atoms with Gasteiger partial charge in [0.25, 0.3) is 5.91 Å². The van der Waals surface area contributed by atoms with E-state index in [2.05, 4.69) is 17.6 Å². The van der Waals surface area contributed by atoms with E-state index in [1.54, 1.807) is 6.92 Å². The minimum atomic E-state index is -0.774. The van der Waals surface area contributed by atoms with Gasteiger partial charge in [-0.1, -0.05) is 37.6 Å². The highest BCUT2D eigenvalue weighted by Crippen LogP contribution is 2.37. The van der Waals surface area contributed by atoms with Gasteiger partial charge < -0.3 is 10.1 Å². The van der Waals surface area contributed by atoms with Crippen LogP contribution in [0.15, 0.2) is 24.3 Å². The second-order valence-electron chi connectivity index (χ2n) is 7.34. The number of hydrogen-bond donors (Lipinski definition) is 2. The molecular weight excluding hydrogens is 400 g/mol. The number of aryl methyl sites for hydroxylation is 2. The van der Waals surface area contributed by atoms with Crippen LogP contribution in [0.4, 0.5) is 9.80 Å². The summed E-state index contributed by atoms with van der Waals surface area (Å²) in [5.41, 5.74) is 3.49. The first-order valence-electron chi connectivity index (χ1n) is 10.5. The Balaban J connectivity index is 1.80. The standard InChI is InChI=1S/C23H28N2O4S/c1-3-15-10-12-16(13-11-15)14-19(26)24-22-20(21(27)25-23(28)29-4-2)17-8-6-5-7-9-18(17)30-22/h10-13H,3-9,14H2,1-2H3,(H,24,26)(H,25,27,28). The summed E-state index contributed by atoms with van der Waals surface area (Å²) in [5, 5.41) is 5.72. The van der Waals surface area contributed by atoms with Crippen molar-refractivity contribution in [2.75, 3.05) is 11.9 Å². The van der Waals surface area contributed by atoms with Crippen LogP contribution in [0.5, 0.6) is 0 Å². The third-order valence-electron chi connectivity index (χ3n) is 5.19. The summed E-state index contributed by atoms with van der Waals surface area (Å²) in [5.74, 6) is -0.698. The highest BCUT2D eigenvalue weighted by molar-refractivity contribution is 7.17. The molecule has 1 aromatic carbocycles. The molecule has 2 aromatic rings. The van der Waals surface area contributed by atoms with Crippen LogP contribution in [0.2, 0.25) is 0 Å². The molecule has 0 unspecified atom stereocenters. The molecule has 0 bridgehead atoms. The fourth-order valence-electron chi connectivity index (χ4n) is 3.64. The average Bonchev–Trinajstić information content (AvgIpc) is 2.89. The molecule has 0 saturated carbocycles. The lowest BCUT2D eigenvalue weighted by atomic mass is 10.0. The van der Waals surface area contributed by atoms with Crippen molar-refractivity contribution in [3.63, 3.8) is 0 Å². The molecule has 1 aromatic heterocycles. The minimum Gasteiger partial charge on any atom is -0.450 e. The molecule has 0 spiro atoms. The SMILES string of the molecule is CCOC(=O)NC(=O)c1c(NC(=O)Cc2ccc(CC)cc2)sc2c1CCCCC2. The number of benzene rings is 1. The summed E-state index contributed by atoms with van der Waals surface area (Å²) in [4.78, 5) is 38.4. The van der Waals surface area contributed by atoms with Crippen LogP contribution in [0.25, 0.3) is 0 Å². The zero-order valence-electron chi connectivity index (χ0n) is 17.5. The molecular formula is C23H28N2O4S. The van der Waals surface area contributed by atoms with Crippen molar-refractivity contribution in [3.05, 3.63) is 51.4 Å². The second kappa shape index (κ2) is 10.4. The van der Waals surface area contributed by atoms with Gasteiger partial charge in [-0.2, -0.15) is 0 Å². The van der Waals surface area contributed by atoms with Gasteiger partial charge in [0.05, 0.1) is 18.6 Å². The van der Waals surface area contributed by atoms with Crippen LogP contribution >= 0.6 is 11.3 Å². The topological polar surface area (TPSA) is 84.5 Å². The number of imide groups is 1. The lowest BCUT2D eigenvalue weighted by Gasteiger charge is -2.10. The molecule has 30 heavy (non-hydrogen) atoms. The second-order valence-corrected chi connectivity index (χ2v) is 8.44. The fraction of sp³-hybridized carbons (Fsp3) is 0.435. The first kappa shape index (κ1) is 22.0. The van der Waals surface area contributed by atoms with Gasteiger partial charge in [-0.3, -0.25) is 14.9 Å². The number of ether oxygens (including phenoxy) is 1. The van der Waals surface area contributed by atoms with Crippen LogP contribution in [0.1, 0.15) is 65.0 Å². The average molecular weight is 429 g/mol. The summed E-state index contributed by atoms with van der Waals surface area (Å²) in [6, 6.07) is 7.95. The van der Waals surface area contributed by atoms with E-state index >= 15 is 0 Å². The first-order chi connectivity index (χ1) is 14.5. The number of carbonyl (C=O) groups excluding carboxylic acids is 3. The smallest absolute Gasteiger partial charge is 0.414 e. The molecule has 160 valence electrons. The number of anilines is 1. The Bertz CT molecular complexity index is 918. The molecule has 1 aliphatic rings. The van der Waals surface area contributed by atoms with Crippen LogP contribution in [-0.4, -0.2) is 24.5 Å². The van der Waals surface area contributed by atoms with Crippen molar-refractivity contribution in [2.24, 2.45) is 0 Å². The summed E-state index contributed by atoms with van der Waals surface area (Å²) >= 11 is 1.44. The Kier molecular flexibility index (Phi) is 7.63. The summed E-state index contributed by atoms with van der Waals surface area (Å²) in [6.07, 6.45) is 5.21. The van der Waals surface area contributed by atoms with E-state index < -0.39 is 12.0 Å². The molecule has 7 heteroatoms. The number of thiophene rings is 1. The zero-order chi connectivity index (χ0) is 21.5. The van der Waals surface area contributed by atoms with Crippen molar-refractivity contribution in [3.8, 4) is 0 Å². The van der Waals surface area contributed by atoms with Crippen molar-refractivity contribution in [1.82, 2.24) is 5.32 Å². The highest BCUT2D eigenvalue weighted by atomic mass is 32.1. The third kappa shape index (κ3) is 5.48. The van der Waals surface area contributed by atoms with E-state index in [0.29, 0.717) is 10.6 Å². The lowest BCUT2D eigenvalue weighted by molar-refractivity contribution is -0.115. The maximum Gasteiger partial charge on any atom is 0.414 e. The number of fused-ring (bicyclic) bond motifs is 1. The minimum absolute atomic E-state index is 0.180. The monoisotopic (exact) mass is 428 g/mol. The van der Waals surface area contributed by atoms with Crippen molar-refractivity contribution in [1.29, 1.82) is 0 Å². The van der Waals surface area contributed by atoms with Gasteiger partial charge in [0.2, 0.25) is 5.91 Å². The van der Waals surface area contributed by atoms with Crippen molar-refractivity contribution >= 4 is 34.2 Å². The van der Waals surface area contributed by atoms with Crippen LogP contribution < -0.4 is 10.6 Å². The summed E-state index contributed by atoms with van der Waals surface area (Å²) in [7, 11) is 0. The van der Waals surface area contributed by atoms with E-state index in [-0.39, 0.29) is 18.9 Å². The maximum atomic E-state index is 12.8. The first-order valence-corrected chi connectivity index (χ1v) is 11.3. The number of rotatable bonds is 6. The zero-order valence-corrected chi connectivity index (χ0v) is 18.3. The van der Waals surface area contributed by atoms with Crippen molar-refractivity contribution < 1.29 is 19.1 Å². The molecule has 0 fully saturated rings. The van der Waals surface area contributed by atoms with E-state index in [0.717, 1.165) is 54.5 Å². The Hall–Kier alpha value is -2.67. The molecule has 2 N–H and O–H groups in total. The van der Waals surface area contributed by atoms with Gasteiger partial charge in [-0.05, 0) is 55.7 Å². The molecule has 0 atom stereocenters. The normalized spacial score (nSPS) is 13.1. The predicted molar refractivity (Wildman–Crippen MR) is 118 cm³/mol. The Morgan fingerprint density at radius 3 is 2.40 bits per heavy atom. The lowest BCUT2D eigenvalue weighted by Crippen LogP contribution is -2.32. The van der Waals surface area contributed by atoms with Gasteiger partial charge in [-0.15, -0.1) is 11.3 Å². The molecule has 1 aliphatic carbocycles. The fourth-order valence-corrected chi connectivity index (χ4v) is 4.95. The molecule has 0 radical (unpaired) electrons. The van der Waals surface area contributed by atoms with Crippen LogP contribution in [-0.2, 0) is 35.2 Å². The number of alkyl carbamates (subject to hydrolysis) is 1. The summed E-state index contributed by atoms with van der Waals surface area (Å²) in [6.45, 7) is 3.95. The Morgan fingerprint density at radius 2 is 1.70 bits per heavy atom. The number of carbonyl (C=O) groups is 3. The molecule has 6 nitrogen and oxygen atoms in total. The highest BCUT2D eigenvalue weighted by Gasteiger charge is 2.27. The number of amides is 3. The predicted octanol–water partition coefficient (Wildman–Crippen LogP) is 4.65. The number of nitrogens with one attached hydrogen (secondary N) is 2. The summed E-state index contributed by atoms with van der Waals surface area (Å²) < 4.78 is 4.84. The maximum absolute atomic E-state index is 12.8. The van der Waals surface area contributed by atoms with E-state index in [4.69, 9.17) is 4.74 Å². The Labute approximate surface area is 181 Å². The van der Waals surface area contributed by atoms with E-state index in [1.807, 2.05) is 24.3 Å². The largest absolute Gasteiger partial charge is 0.450 e. The molecule has 3 amide bonds. The van der Waals surface area contributed by atoms with Gasteiger partial charge >= 0.3 is 6.09 Å². The molecule has 3 rings (SSSR count).